The van der Waals surface area contributed by atoms with Gasteiger partial charge in [0, 0.05) is 30.9 Å². The van der Waals surface area contributed by atoms with Gasteiger partial charge in [-0.3, -0.25) is 0 Å². The second-order valence-corrected chi connectivity index (χ2v) is 10.6. The van der Waals surface area contributed by atoms with Crippen molar-refractivity contribution < 1.29 is 21.6 Å². The topological polar surface area (TPSA) is 107 Å². The van der Waals surface area contributed by atoms with Crippen LogP contribution in [0.15, 0.2) is 12.3 Å². The Kier molecular flexibility index (Phi) is 3.88. The summed E-state index contributed by atoms with van der Waals surface area (Å²) in [5.41, 5.74) is 0.760. The van der Waals surface area contributed by atoms with Crippen molar-refractivity contribution in [3.63, 3.8) is 0 Å². The van der Waals surface area contributed by atoms with E-state index >= 15 is 0 Å². The summed E-state index contributed by atoms with van der Waals surface area (Å²) in [7, 11) is -6.70. The number of aryl methyl sites for hydroxylation is 1. The Bertz CT molecular complexity index is 816. The molecule has 1 spiro atoms. The van der Waals surface area contributed by atoms with Crippen molar-refractivity contribution >= 4 is 19.9 Å². The van der Waals surface area contributed by atoms with Crippen LogP contribution in [0.5, 0.6) is 6.01 Å². The quantitative estimate of drug-likeness (QED) is 0.719. The third kappa shape index (κ3) is 2.83. The van der Waals surface area contributed by atoms with Gasteiger partial charge in [-0.05, 0) is 19.4 Å². The molecule has 1 aromatic heterocycles. The molecular weight excluding hydrogens is 342 g/mol. The first-order valence-electron chi connectivity index (χ1n) is 7.24. The normalized spacial score (nSPS) is 26.1. The van der Waals surface area contributed by atoms with E-state index in [2.05, 4.69) is 9.97 Å². The van der Waals surface area contributed by atoms with E-state index in [4.69, 9.17) is 4.74 Å². The van der Waals surface area contributed by atoms with E-state index in [1.165, 1.54) is 4.31 Å². The molecule has 0 radical (unpaired) electrons. The maximum atomic E-state index is 12.4. The number of hydrogen-bond donors (Lipinski definition) is 0. The molecule has 1 aromatic rings. The monoisotopic (exact) mass is 361 g/mol. The summed E-state index contributed by atoms with van der Waals surface area (Å²) in [5.74, 6) is -0.192. The molecule has 0 aliphatic carbocycles. The average Bonchev–Trinajstić information content (AvgIpc) is 2.64. The number of aromatic nitrogens is 2. The predicted octanol–water partition coefficient (Wildman–Crippen LogP) is -0.387. The second kappa shape index (κ2) is 5.38. The van der Waals surface area contributed by atoms with Gasteiger partial charge in [-0.1, -0.05) is 0 Å². The number of ether oxygens (including phenoxy) is 1. The highest BCUT2D eigenvalue weighted by Gasteiger charge is 2.63. The van der Waals surface area contributed by atoms with Crippen molar-refractivity contribution in [2.24, 2.45) is 5.92 Å². The zero-order valence-electron chi connectivity index (χ0n) is 13.0. The van der Waals surface area contributed by atoms with Crippen LogP contribution in [0.1, 0.15) is 12.1 Å². The van der Waals surface area contributed by atoms with Crippen LogP contribution >= 0.6 is 0 Å². The molecule has 10 heteroatoms. The average molecular weight is 361 g/mol. The van der Waals surface area contributed by atoms with Crippen LogP contribution < -0.4 is 4.74 Å². The molecule has 0 aromatic carbocycles. The van der Waals surface area contributed by atoms with Gasteiger partial charge in [0.1, 0.15) is 4.75 Å². The van der Waals surface area contributed by atoms with Crippen LogP contribution in [0.2, 0.25) is 0 Å². The summed E-state index contributed by atoms with van der Waals surface area (Å²) in [6.07, 6.45) is 3.13. The van der Waals surface area contributed by atoms with Crippen molar-refractivity contribution in [1.82, 2.24) is 14.3 Å². The number of sulfonamides is 1. The first-order chi connectivity index (χ1) is 10.6. The summed E-state index contributed by atoms with van der Waals surface area (Å²) in [4.78, 5) is 8.12. The Morgan fingerprint density at radius 3 is 2.74 bits per heavy atom. The molecule has 23 heavy (non-hydrogen) atoms. The lowest BCUT2D eigenvalue weighted by Crippen LogP contribution is -2.68. The van der Waals surface area contributed by atoms with E-state index in [-0.39, 0.29) is 37.4 Å². The molecule has 1 atom stereocenters. The van der Waals surface area contributed by atoms with Crippen molar-refractivity contribution in [1.29, 1.82) is 0 Å². The lowest BCUT2D eigenvalue weighted by molar-refractivity contribution is 0.121. The van der Waals surface area contributed by atoms with E-state index in [1.807, 2.05) is 6.92 Å². The number of hydrogen-bond acceptors (Lipinski definition) is 7. The van der Waals surface area contributed by atoms with Gasteiger partial charge in [0.25, 0.3) is 0 Å². The molecule has 2 fully saturated rings. The van der Waals surface area contributed by atoms with Crippen LogP contribution in [-0.4, -0.2) is 67.6 Å². The van der Waals surface area contributed by atoms with Crippen molar-refractivity contribution in [2.75, 3.05) is 31.7 Å². The zero-order valence-corrected chi connectivity index (χ0v) is 14.6. The van der Waals surface area contributed by atoms with Gasteiger partial charge in [0.2, 0.25) is 10.0 Å². The standard InChI is InChI=1S/C13H19N3O5S2/c1-10-3-5-14-12(15-10)21-7-11-4-6-23(19,20)13(11)8-16(9-13)22(2,17)18/h3,5,11H,4,6-9H2,1-2H3. The van der Waals surface area contributed by atoms with Gasteiger partial charge in [0.05, 0.1) is 18.6 Å². The highest BCUT2D eigenvalue weighted by Crippen LogP contribution is 2.45. The summed E-state index contributed by atoms with van der Waals surface area (Å²) in [5, 5.41) is 0. The van der Waals surface area contributed by atoms with E-state index < -0.39 is 24.6 Å². The molecule has 3 rings (SSSR count). The van der Waals surface area contributed by atoms with Crippen LogP contribution in [0.3, 0.4) is 0 Å². The lowest BCUT2D eigenvalue weighted by Gasteiger charge is -2.48. The Morgan fingerprint density at radius 2 is 2.13 bits per heavy atom. The van der Waals surface area contributed by atoms with E-state index in [9.17, 15) is 16.8 Å². The Labute approximate surface area is 135 Å². The molecule has 8 nitrogen and oxygen atoms in total. The largest absolute Gasteiger partial charge is 0.463 e. The van der Waals surface area contributed by atoms with E-state index in [1.54, 1.807) is 12.3 Å². The third-order valence-corrected chi connectivity index (χ3v) is 8.44. The molecule has 0 amide bonds. The predicted molar refractivity (Wildman–Crippen MR) is 83.3 cm³/mol. The molecule has 3 heterocycles. The van der Waals surface area contributed by atoms with Crippen LogP contribution in [0.25, 0.3) is 0 Å². The van der Waals surface area contributed by atoms with E-state index in [0.29, 0.717) is 6.42 Å². The van der Waals surface area contributed by atoms with Crippen molar-refractivity contribution in [2.45, 2.75) is 18.1 Å². The van der Waals surface area contributed by atoms with Gasteiger partial charge in [-0.2, -0.15) is 4.31 Å². The van der Waals surface area contributed by atoms with Gasteiger partial charge in [0.15, 0.2) is 9.84 Å². The zero-order chi connectivity index (χ0) is 16.9. The first-order valence-corrected chi connectivity index (χ1v) is 10.7. The van der Waals surface area contributed by atoms with Gasteiger partial charge >= 0.3 is 6.01 Å². The Balaban J connectivity index is 1.75. The minimum atomic E-state index is -3.37. The number of rotatable bonds is 4. The molecule has 0 saturated carbocycles. The van der Waals surface area contributed by atoms with Crippen molar-refractivity contribution in [3.05, 3.63) is 18.0 Å². The molecule has 0 bridgehead atoms. The Hall–Kier alpha value is -1.26. The molecule has 0 N–H and O–H groups in total. The van der Waals surface area contributed by atoms with E-state index in [0.717, 1.165) is 11.9 Å². The number of sulfone groups is 1. The van der Waals surface area contributed by atoms with Gasteiger partial charge < -0.3 is 4.74 Å². The highest BCUT2D eigenvalue weighted by molar-refractivity contribution is 7.93. The van der Waals surface area contributed by atoms with Gasteiger partial charge in [-0.15, -0.1) is 0 Å². The summed E-state index contributed by atoms with van der Waals surface area (Å²) in [6.45, 7) is 2.00. The Morgan fingerprint density at radius 1 is 1.43 bits per heavy atom. The van der Waals surface area contributed by atoms with Gasteiger partial charge in [-0.25, -0.2) is 26.8 Å². The van der Waals surface area contributed by atoms with Crippen LogP contribution in [-0.2, 0) is 19.9 Å². The van der Waals surface area contributed by atoms with Crippen LogP contribution in [0.4, 0.5) is 0 Å². The molecule has 1 unspecified atom stereocenters. The van der Waals surface area contributed by atoms with Crippen molar-refractivity contribution in [3.8, 4) is 6.01 Å². The summed E-state index contributed by atoms with van der Waals surface area (Å²) >= 11 is 0. The summed E-state index contributed by atoms with van der Waals surface area (Å²) in [6, 6.07) is 1.95. The second-order valence-electron chi connectivity index (χ2n) is 6.19. The molecular formula is C13H19N3O5S2. The fraction of sp³-hybridized carbons (Fsp3) is 0.692. The SMILES string of the molecule is Cc1ccnc(OCC2CCS(=O)(=O)C23CN(S(C)(=O)=O)C3)n1. The molecule has 2 saturated heterocycles. The smallest absolute Gasteiger partial charge is 0.316 e. The minimum absolute atomic E-state index is 0.0108. The fourth-order valence-electron chi connectivity index (χ4n) is 3.16. The molecule has 128 valence electrons. The lowest BCUT2D eigenvalue weighted by atomic mass is 9.85. The first kappa shape index (κ1) is 16.6. The minimum Gasteiger partial charge on any atom is -0.463 e. The maximum absolute atomic E-state index is 12.4. The maximum Gasteiger partial charge on any atom is 0.316 e. The molecule has 2 aliphatic rings. The summed E-state index contributed by atoms with van der Waals surface area (Å²) < 4.78 is 53.7. The van der Waals surface area contributed by atoms with Crippen LogP contribution in [0, 0.1) is 12.8 Å². The highest BCUT2D eigenvalue weighted by atomic mass is 32.2. The molecule has 2 aliphatic heterocycles. The number of nitrogens with zero attached hydrogens (tertiary/aromatic N) is 3. The third-order valence-electron chi connectivity index (χ3n) is 4.64. The fourth-order valence-corrected chi connectivity index (χ4v) is 6.66.